The topological polar surface area (TPSA) is 117 Å². The first-order chi connectivity index (χ1) is 17.2. The zero-order valence-corrected chi connectivity index (χ0v) is 20.9. The first-order valence-corrected chi connectivity index (χ1v) is 11.9. The number of hydrogen-bond acceptors (Lipinski definition) is 8. The van der Waals surface area contributed by atoms with Crippen LogP contribution in [0.25, 0.3) is 22.5 Å². The highest BCUT2D eigenvalue weighted by Gasteiger charge is 2.26. The van der Waals surface area contributed by atoms with Crippen molar-refractivity contribution in [1.29, 1.82) is 5.26 Å². The average Bonchev–Trinajstić information content (AvgIpc) is 3.48. The van der Waals surface area contributed by atoms with E-state index in [1.54, 1.807) is 27.8 Å². The molecule has 1 saturated heterocycles. The molecule has 0 N–H and O–H groups in total. The number of oxazole rings is 1. The van der Waals surface area contributed by atoms with Crippen LogP contribution in [0.4, 0.5) is 6.01 Å². The Labute approximate surface area is 209 Å². The van der Waals surface area contributed by atoms with E-state index in [4.69, 9.17) is 4.42 Å². The van der Waals surface area contributed by atoms with Crippen molar-refractivity contribution in [1.82, 2.24) is 29.9 Å². The fraction of sp³-hybridized carbons (Fsp3) is 0.385. The molecule has 3 aromatic heterocycles. The van der Waals surface area contributed by atoms with Gasteiger partial charge in [0, 0.05) is 49.5 Å². The number of fused-ring (bicyclic) bond motifs is 1. The summed E-state index contributed by atoms with van der Waals surface area (Å²) in [6.45, 7) is 11.2. The number of nitrogens with zero attached hydrogens (tertiary/aromatic N) is 8. The molecule has 0 unspecified atom stereocenters. The lowest BCUT2D eigenvalue weighted by molar-refractivity contribution is 0.0745. The number of aryl methyl sites for hydroxylation is 1. The van der Waals surface area contributed by atoms with Crippen LogP contribution in [-0.2, 0) is 6.54 Å². The Kier molecular flexibility index (Phi) is 5.92. The van der Waals surface area contributed by atoms with E-state index in [2.05, 4.69) is 47.1 Å². The number of benzene rings is 1. The van der Waals surface area contributed by atoms with Crippen LogP contribution in [0.3, 0.4) is 0 Å². The standard InChI is InChI=1S/C26H28N8O2/c1-17-5-8-22-23(28-17)29-25(36-22)33-11-9-32(10-12-33)24(35)18-6-7-20(19(13-18)14-27)21-15-34(31-30-21)16-26(2,3)4/h5-8,13,15H,9-12,16H2,1-4H3. The van der Waals surface area contributed by atoms with E-state index in [9.17, 15) is 10.1 Å². The third kappa shape index (κ3) is 4.77. The summed E-state index contributed by atoms with van der Waals surface area (Å²) < 4.78 is 7.64. The van der Waals surface area contributed by atoms with E-state index in [1.165, 1.54) is 0 Å². The summed E-state index contributed by atoms with van der Waals surface area (Å²) in [6, 6.07) is 11.7. The lowest BCUT2D eigenvalue weighted by Crippen LogP contribution is -2.48. The van der Waals surface area contributed by atoms with Gasteiger partial charge in [-0.05, 0) is 36.6 Å². The molecular weight excluding hydrogens is 456 g/mol. The molecule has 1 fully saturated rings. The van der Waals surface area contributed by atoms with Gasteiger partial charge in [0.1, 0.15) is 5.69 Å². The Morgan fingerprint density at radius 2 is 1.89 bits per heavy atom. The first-order valence-electron chi connectivity index (χ1n) is 11.9. The molecule has 0 spiro atoms. The van der Waals surface area contributed by atoms with Crippen LogP contribution in [0.15, 0.2) is 40.9 Å². The van der Waals surface area contributed by atoms with Gasteiger partial charge in [-0.25, -0.2) is 4.98 Å². The number of hydrogen-bond donors (Lipinski definition) is 0. The fourth-order valence-electron chi connectivity index (χ4n) is 4.30. The van der Waals surface area contributed by atoms with Gasteiger partial charge in [0.25, 0.3) is 11.9 Å². The van der Waals surface area contributed by atoms with Gasteiger partial charge in [-0.1, -0.05) is 32.1 Å². The number of rotatable bonds is 4. The molecule has 4 aromatic rings. The summed E-state index contributed by atoms with van der Waals surface area (Å²) in [6.07, 6.45) is 1.84. The Morgan fingerprint density at radius 1 is 1.11 bits per heavy atom. The lowest BCUT2D eigenvalue weighted by atomic mass is 9.97. The maximum absolute atomic E-state index is 13.2. The predicted molar refractivity (Wildman–Crippen MR) is 134 cm³/mol. The van der Waals surface area contributed by atoms with Gasteiger partial charge in [-0.3, -0.25) is 9.48 Å². The van der Waals surface area contributed by atoms with Gasteiger partial charge in [-0.15, -0.1) is 5.10 Å². The van der Waals surface area contributed by atoms with Crippen molar-refractivity contribution in [2.24, 2.45) is 5.41 Å². The predicted octanol–water partition coefficient (Wildman–Crippen LogP) is 3.67. The molecule has 0 radical (unpaired) electrons. The number of aromatic nitrogens is 5. The van der Waals surface area contributed by atoms with Crippen molar-refractivity contribution in [3.63, 3.8) is 0 Å². The largest absolute Gasteiger partial charge is 0.422 e. The van der Waals surface area contributed by atoms with Gasteiger partial charge >= 0.3 is 0 Å². The van der Waals surface area contributed by atoms with E-state index in [1.807, 2.05) is 30.2 Å². The summed E-state index contributed by atoms with van der Waals surface area (Å²) in [5.41, 5.74) is 4.34. The zero-order valence-electron chi connectivity index (χ0n) is 20.9. The van der Waals surface area contributed by atoms with Crippen LogP contribution in [0.1, 0.15) is 42.4 Å². The molecule has 36 heavy (non-hydrogen) atoms. The molecule has 0 atom stereocenters. The number of nitriles is 1. The Hall–Kier alpha value is -4.26. The minimum atomic E-state index is -0.107. The van der Waals surface area contributed by atoms with Crippen molar-refractivity contribution >= 4 is 23.2 Å². The molecule has 0 aliphatic carbocycles. The minimum absolute atomic E-state index is 0.0553. The normalized spacial score (nSPS) is 14.3. The Bertz CT molecular complexity index is 1470. The van der Waals surface area contributed by atoms with Crippen LogP contribution >= 0.6 is 0 Å². The van der Waals surface area contributed by atoms with Gasteiger partial charge < -0.3 is 14.2 Å². The van der Waals surface area contributed by atoms with Crippen LogP contribution in [-0.4, -0.2) is 61.9 Å². The molecule has 5 rings (SSSR count). The molecule has 1 aromatic carbocycles. The number of amides is 1. The third-order valence-electron chi connectivity index (χ3n) is 6.06. The van der Waals surface area contributed by atoms with Crippen molar-refractivity contribution < 1.29 is 9.21 Å². The maximum atomic E-state index is 13.2. The molecule has 10 nitrogen and oxygen atoms in total. The quantitative estimate of drug-likeness (QED) is 0.431. The van der Waals surface area contributed by atoms with Crippen LogP contribution in [0.2, 0.25) is 0 Å². The number of anilines is 1. The van der Waals surface area contributed by atoms with Crippen molar-refractivity contribution in [2.75, 3.05) is 31.1 Å². The zero-order chi connectivity index (χ0) is 25.4. The van der Waals surface area contributed by atoms with Crippen LogP contribution < -0.4 is 4.90 Å². The second-order valence-electron chi connectivity index (χ2n) is 10.3. The van der Waals surface area contributed by atoms with Crippen molar-refractivity contribution in [2.45, 2.75) is 34.2 Å². The molecule has 0 saturated carbocycles. The summed E-state index contributed by atoms with van der Waals surface area (Å²) in [5, 5.41) is 18.2. The number of pyridine rings is 1. The summed E-state index contributed by atoms with van der Waals surface area (Å²) >= 11 is 0. The summed E-state index contributed by atoms with van der Waals surface area (Å²) in [7, 11) is 0. The fourth-order valence-corrected chi connectivity index (χ4v) is 4.30. The van der Waals surface area contributed by atoms with E-state index in [-0.39, 0.29) is 11.3 Å². The molecule has 1 aliphatic heterocycles. The lowest BCUT2D eigenvalue weighted by Gasteiger charge is -2.33. The SMILES string of the molecule is Cc1ccc2oc(N3CCN(C(=O)c4ccc(-c5cn(CC(C)(C)C)nn5)c(C#N)c4)CC3)nc2n1. The van der Waals surface area contributed by atoms with Gasteiger partial charge in [-0.2, -0.15) is 10.2 Å². The monoisotopic (exact) mass is 484 g/mol. The highest BCUT2D eigenvalue weighted by atomic mass is 16.4. The summed E-state index contributed by atoms with van der Waals surface area (Å²) in [4.78, 5) is 25.9. The van der Waals surface area contributed by atoms with Crippen molar-refractivity contribution in [3.05, 3.63) is 53.3 Å². The van der Waals surface area contributed by atoms with E-state index >= 15 is 0 Å². The molecule has 184 valence electrons. The molecule has 4 heterocycles. The molecule has 1 aliphatic rings. The maximum Gasteiger partial charge on any atom is 0.300 e. The third-order valence-corrected chi connectivity index (χ3v) is 6.06. The highest BCUT2D eigenvalue weighted by Crippen LogP contribution is 2.26. The Morgan fingerprint density at radius 3 is 2.61 bits per heavy atom. The summed E-state index contributed by atoms with van der Waals surface area (Å²) in [5.74, 6) is -0.107. The second kappa shape index (κ2) is 9.07. The van der Waals surface area contributed by atoms with E-state index in [0.717, 1.165) is 5.69 Å². The Balaban J connectivity index is 1.28. The number of piperazine rings is 1. The molecule has 0 bridgehead atoms. The molecule has 1 amide bonds. The second-order valence-corrected chi connectivity index (χ2v) is 10.3. The minimum Gasteiger partial charge on any atom is -0.422 e. The van der Waals surface area contributed by atoms with Crippen molar-refractivity contribution in [3.8, 4) is 17.3 Å². The van der Waals surface area contributed by atoms with Gasteiger partial charge in [0.05, 0.1) is 17.8 Å². The molecular formula is C26H28N8O2. The van der Waals surface area contributed by atoms with Crippen LogP contribution in [0, 0.1) is 23.7 Å². The molecule has 10 heteroatoms. The van der Waals surface area contributed by atoms with Gasteiger partial charge in [0.2, 0.25) is 5.65 Å². The smallest absolute Gasteiger partial charge is 0.300 e. The van der Waals surface area contributed by atoms with E-state index < -0.39 is 0 Å². The first kappa shape index (κ1) is 23.5. The number of carbonyl (C=O) groups is 1. The highest BCUT2D eigenvalue weighted by molar-refractivity contribution is 5.95. The van der Waals surface area contributed by atoms with Crippen LogP contribution in [0.5, 0.6) is 0 Å². The number of carbonyl (C=O) groups excluding carboxylic acids is 1. The van der Waals surface area contributed by atoms with E-state index in [0.29, 0.717) is 72.4 Å². The van der Waals surface area contributed by atoms with Gasteiger partial charge in [0.15, 0.2) is 5.58 Å². The average molecular weight is 485 g/mol.